The Bertz CT molecular complexity index is 1330. The summed E-state index contributed by atoms with van der Waals surface area (Å²) in [6.45, 7) is -0.442. The van der Waals surface area contributed by atoms with Crippen LogP contribution in [-0.4, -0.2) is 89.4 Å². The third kappa shape index (κ3) is 10.8. The highest BCUT2D eigenvalue weighted by Gasteiger charge is 2.39. The van der Waals surface area contributed by atoms with Gasteiger partial charge >= 0.3 is 5.97 Å². The summed E-state index contributed by atoms with van der Waals surface area (Å²) < 4.78 is 4.96. The normalized spacial score (nSPS) is 18.0. The predicted octanol–water partition coefficient (Wildman–Crippen LogP) is 1.27. The quantitative estimate of drug-likeness (QED) is 0.166. The Morgan fingerprint density at radius 1 is 1.00 bits per heavy atom. The van der Waals surface area contributed by atoms with E-state index >= 15 is 0 Å². The van der Waals surface area contributed by atoms with Crippen LogP contribution < -0.4 is 22.1 Å². The SMILES string of the molecule is COC(=O)[C@H]1CCC[C@@H](N(C(=O)CNC(=O)[C@@H](CCSC)NC(=O)[C@@H](N)Cc2ccc(O)cc2)[C@@H](Cc2ccccc2)C(N)=O)C1. The van der Waals surface area contributed by atoms with Crippen molar-refractivity contribution in [2.24, 2.45) is 17.4 Å². The van der Waals surface area contributed by atoms with E-state index in [2.05, 4.69) is 10.6 Å². The summed E-state index contributed by atoms with van der Waals surface area (Å²) in [6.07, 6.45) is 4.63. The summed E-state index contributed by atoms with van der Waals surface area (Å²) in [6, 6.07) is 12.1. The highest BCUT2D eigenvalue weighted by molar-refractivity contribution is 7.98. The zero-order valence-electron chi connectivity index (χ0n) is 26.4. The van der Waals surface area contributed by atoms with Crippen LogP contribution in [0.1, 0.15) is 43.2 Å². The minimum atomic E-state index is -1.02. The molecule has 1 aliphatic carbocycles. The van der Waals surface area contributed by atoms with Crippen LogP contribution in [0.2, 0.25) is 0 Å². The first-order valence-corrected chi connectivity index (χ1v) is 16.8. The van der Waals surface area contributed by atoms with Crippen molar-refractivity contribution < 1.29 is 33.8 Å². The van der Waals surface area contributed by atoms with Crippen LogP contribution in [0.5, 0.6) is 5.75 Å². The molecule has 0 radical (unpaired) electrons. The molecule has 0 aromatic heterocycles. The van der Waals surface area contributed by atoms with Crippen LogP contribution in [0, 0.1) is 5.92 Å². The summed E-state index contributed by atoms with van der Waals surface area (Å²) in [4.78, 5) is 66.9. The Hall–Kier alpha value is -4.10. The van der Waals surface area contributed by atoms with E-state index in [9.17, 15) is 29.1 Å². The van der Waals surface area contributed by atoms with E-state index in [1.807, 2.05) is 36.6 Å². The topological polar surface area (TPSA) is 194 Å². The first-order chi connectivity index (χ1) is 22.0. The number of carbonyl (C=O) groups excluding carboxylic acids is 5. The van der Waals surface area contributed by atoms with Crippen LogP contribution in [0.25, 0.3) is 0 Å². The predicted molar refractivity (Wildman–Crippen MR) is 175 cm³/mol. The van der Waals surface area contributed by atoms with Crippen molar-refractivity contribution in [2.45, 2.75) is 69.1 Å². The number of rotatable bonds is 16. The average Bonchev–Trinajstić information content (AvgIpc) is 3.06. The Morgan fingerprint density at radius 3 is 2.30 bits per heavy atom. The van der Waals surface area contributed by atoms with Gasteiger partial charge in [0.2, 0.25) is 23.6 Å². The summed E-state index contributed by atoms with van der Waals surface area (Å²) in [5.41, 5.74) is 13.5. The summed E-state index contributed by atoms with van der Waals surface area (Å²) in [5, 5.41) is 14.9. The van der Waals surface area contributed by atoms with Gasteiger partial charge in [0.1, 0.15) is 17.8 Å². The summed E-state index contributed by atoms with van der Waals surface area (Å²) in [7, 11) is 1.32. The number of aromatic hydroxyl groups is 1. The molecule has 0 spiro atoms. The molecule has 0 saturated heterocycles. The number of amides is 4. The highest BCUT2D eigenvalue weighted by Crippen LogP contribution is 2.30. The number of carbonyl (C=O) groups is 5. The average molecular weight is 656 g/mol. The van der Waals surface area contributed by atoms with E-state index in [1.165, 1.54) is 35.9 Å². The Morgan fingerprint density at radius 2 is 1.67 bits per heavy atom. The Kier molecular flexibility index (Phi) is 14.3. The molecular formula is C33H45N5O7S. The molecule has 0 unspecified atom stereocenters. The third-order valence-corrected chi connectivity index (χ3v) is 8.83. The van der Waals surface area contributed by atoms with Crippen molar-refractivity contribution in [1.82, 2.24) is 15.5 Å². The van der Waals surface area contributed by atoms with Crippen molar-refractivity contribution >= 4 is 41.4 Å². The van der Waals surface area contributed by atoms with Gasteiger partial charge in [0.15, 0.2) is 0 Å². The lowest BCUT2D eigenvalue weighted by atomic mass is 9.84. The van der Waals surface area contributed by atoms with Gasteiger partial charge in [-0.2, -0.15) is 11.8 Å². The number of thioether (sulfide) groups is 1. The van der Waals surface area contributed by atoms with Gasteiger partial charge in [-0.3, -0.25) is 24.0 Å². The number of benzene rings is 2. The number of nitrogens with one attached hydrogen (secondary N) is 2. The third-order valence-electron chi connectivity index (χ3n) is 8.18. The molecule has 0 aliphatic heterocycles. The standard InChI is InChI=1S/C33H45N5O7S/c1-45-33(44)23-9-6-10-24(19-23)38(28(30(35)41)18-21-7-4-3-5-8-21)29(40)20-36-32(43)27(15-16-46-2)37-31(42)26(34)17-22-11-13-25(39)14-12-22/h3-5,7-8,11-14,23-24,26-28,39H,6,9-10,15-20,34H2,1-2H3,(H2,35,41)(H,36,43)(H,37,42)/t23-,24+,26-,27+,28-/m0/s1. The van der Waals surface area contributed by atoms with Gasteiger partial charge in [-0.25, -0.2) is 0 Å². The molecule has 0 bridgehead atoms. The molecular weight excluding hydrogens is 610 g/mol. The Labute approximate surface area is 274 Å². The zero-order chi connectivity index (χ0) is 33.6. The monoisotopic (exact) mass is 655 g/mol. The van der Waals surface area contributed by atoms with Crippen molar-refractivity contribution in [3.05, 3.63) is 65.7 Å². The maximum Gasteiger partial charge on any atom is 0.308 e. The molecule has 12 nitrogen and oxygen atoms in total. The number of phenols is 1. The zero-order valence-corrected chi connectivity index (χ0v) is 27.2. The molecule has 2 aromatic carbocycles. The van der Waals surface area contributed by atoms with Crippen molar-refractivity contribution in [3.63, 3.8) is 0 Å². The first-order valence-electron chi connectivity index (χ1n) is 15.4. The molecule has 1 saturated carbocycles. The largest absolute Gasteiger partial charge is 0.508 e. The number of primary amides is 1. The molecule has 46 heavy (non-hydrogen) atoms. The number of phenolic OH excluding ortho intramolecular Hbond substituents is 1. The van der Waals surface area contributed by atoms with Gasteiger partial charge in [0, 0.05) is 12.5 Å². The van der Waals surface area contributed by atoms with E-state index in [0.717, 1.165) is 11.1 Å². The van der Waals surface area contributed by atoms with Gasteiger partial charge in [0.25, 0.3) is 0 Å². The number of hydrogen-bond acceptors (Lipinski definition) is 9. The number of nitrogens with two attached hydrogens (primary N) is 2. The summed E-state index contributed by atoms with van der Waals surface area (Å²) in [5.74, 6) is -2.48. The lowest BCUT2D eigenvalue weighted by Crippen LogP contribution is -2.58. The molecule has 3 rings (SSSR count). The minimum absolute atomic E-state index is 0.0951. The molecule has 7 N–H and O–H groups in total. The van der Waals surface area contributed by atoms with Crippen LogP contribution >= 0.6 is 11.8 Å². The van der Waals surface area contributed by atoms with Crippen LogP contribution in [0.15, 0.2) is 54.6 Å². The number of hydrogen-bond donors (Lipinski definition) is 5. The minimum Gasteiger partial charge on any atom is -0.508 e. The molecule has 0 heterocycles. The van der Waals surface area contributed by atoms with Gasteiger partial charge in [-0.05, 0) is 67.4 Å². The molecule has 1 fully saturated rings. The highest BCUT2D eigenvalue weighted by atomic mass is 32.2. The van der Waals surface area contributed by atoms with Crippen molar-refractivity contribution in [3.8, 4) is 5.75 Å². The smallest absolute Gasteiger partial charge is 0.308 e. The lowest BCUT2D eigenvalue weighted by molar-refractivity contribution is -0.150. The number of ether oxygens (including phenoxy) is 1. The van der Waals surface area contributed by atoms with Crippen LogP contribution in [-0.2, 0) is 41.6 Å². The molecule has 13 heteroatoms. The van der Waals surface area contributed by atoms with Gasteiger partial charge in [-0.1, -0.05) is 48.9 Å². The second-order valence-corrected chi connectivity index (χ2v) is 12.5. The second-order valence-electron chi connectivity index (χ2n) is 11.5. The van der Waals surface area contributed by atoms with Crippen molar-refractivity contribution in [2.75, 3.05) is 25.7 Å². The molecule has 5 atom stereocenters. The van der Waals surface area contributed by atoms with Gasteiger partial charge in [0.05, 0.1) is 25.6 Å². The van der Waals surface area contributed by atoms with Gasteiger partial charge < -0.3 is 36.8 Å². The van der Waals surface area contributed by atoms with E-state index in [4.69, 9.17) is 16.2 Å². The number of nitrogens with zero attached hydrogens (tertiary/aromatic N) is 1. The number of methoxy groups -OCH3 is 1. The fourth-order valence-electron chi connectivity index (χ4n) is 5.74. The van der Waals surface area contributed by atoms with E-state index < -0.39 is 60.3 Å². The maximum absolute atomic E-state index is 13.9. The summed E-state index contributed by atoms with van der Waals surface area (Å²) >= 11 is 1.50. The van der Waals surface area contributed by atoms with Crippen LogP contribution in [0.3, 0.4) is 0 Å². The van der Waals surface area contributed by atoms with Gasteiger partial charge in [-0.15, -0.1) is 0 Å². The second kappa shape index (κ2) is 18.1. The van der Waals surface area contributed by atoms with E-state index in [-0.39, 0.29) is 24.6 Å². The maximum atomic E-state index is 13.9. The molecule has 4 amide bonds. The Balaban J connectivity index is 1.75. The molecule has 2 aromatic rings. The van der Waals surface area contributed by atoms with Crippen molar-refractivity contribution in [1.29, 1.82) is 0 Å². The fraction of sp³-hybridized carbons (Fsp3) is 0.485. The fourth-order valence-corrected chi connectivity index (χ4v) is 6.21. The molecule has 1 aliphatic rings. The van der Waals surface area contributed by atoms with Crippen LogP contribution in [0.4, 0.5) is 0 Å². The number of esters is 1. The first kappa shape index (κ1) is 36.4. The molecule has 250 valence electrons. The van der Waals surface area contributed by atoms with E-state index in [0.29, 0.717) is 37.9 Å². The van der Waals surface area contributed by atoms with E-state index in [1.54, 1.807) is 12.1 Å². The lowest BCUT2D eigenvalue weighted by Gasteiger charge is -2.40.